The number of hydrogen-bond acceptors (Lipinski definition) is 4. The van der Waals surface area contributed by atoms with Crippen LogP contribution in [0.4, 0.5) is 5.13 Å². The molecule has 5 rings (SSSR count). The Morgan fingerprint density at radius 3 is 2.66 bits per heavy atom. The number of para-hydroxylation sites is 1. The number of aromatic nitrogens is 1. The molecule has 0 aliphatic heterocycles. The highest BCUT2D eigenvalue weighted by atomic mass is 32.1. The van der Waals surface area contributed by atoms with E-state index in [1.807, 2.05) is 67.6 Å². The van der Waals surface area contributed by atoms with E-state index in [0.717, 1.165) is 26.9 Å². The summed E-state index contributed by atoms with van der Waals surface area (Å²) in [5, 5.41) is 13.8. The van der Waals surface area contributed by atoms with E-state index in [-0.39, 0.29) is 17.6 Å². The lowest BCUT2D eigenvalue weighted by molar-refractivity contribution is -0.125. The predicted molar refractivity (Wildman–Crippen MR) is 116 cm³/mol. The van der Waals surface area contributed by atoms with Gasteiger partial charge in [-0.15, -0.1) is 0 Å². The van der Waals surface area contributed by atoms with Crippen molar-refractivity contribution in [3.8, 4) is 5.75 Å². The lowest BCUT2D eigenvalue weighted by Crippen LogP contribution is -2.37. The zero-order chi connectivity index (χ0) is 20.0. The Balaban J connectivity index is 1.55. The molecule has 0 fully saturated rings. The molecule has 1 heterocycles. The van der Waals surface area contributed by atoms with Gasteiger partial charge in [-0.1, -0.05) is 59.9 Å². The molecule has 1 aliphatic carbocycles. The van der Waals surface area contributed by atoms with Gasteiger partial charge in [-0.3, -0.25) is 4.79 Å². The number of aromatic hydroxyl groups is 1. The molecule has 2 N–H and O–H groups in total. The SMILES string of the molecule is C[C@@]1(C(=O)Nc2nc3ccccc3s2)Cc2ccc(O)cc2[C@@H]1c1ccccc1. The van der Waals surface area contributed by atoms with Crippen molar-refractivity contribution in [3.05, 3.63) is 89.5 Å². The Bertz CT molecular complexity index is 1190. The molecule has 5 heteroatoms. The van der Waals surface area contributed by atoms with Crippen molar-refractivity contribution in [2.45, 2.75) is 19.3 Å². The van der Waals surface area contributed by atoms with Gasteiger partial charge in [0.1, 0.15) is 5.75 Å². The molecular weight excluding hydrogens is 380 g/mol. The number of nitrogens with one attached hydrogen (secondary N) is 1. The van der Waals surface area contributed by atoms with Gasteiger partial charge in [-0.05, 0) is 54.3 Å². The minimum atomic E-state index is -0.685. The van der Waals surface area contributed by atoms with Gasteiger partial charge in [0, 0.05) is 5.92 Å². The number of fused-ring (bicyclic) bond motifs is 2. The minimum absolute atomic E-state index is 0.0545. The molecule has 0 saturated heterocycles. The monoisotopic (exact) mass is 400 g/mol. The number of anilines is 1. The number of amides is 1. The Morgan fingerprint density at radius 2 is 1.86 bits per heavy atom. The summed E-state index contributed by atoms with van der Waals surface area (Å²) in [5.74, 6) is 0.0294. The average Bonchev–Trinajstić information content (AvgIpc) is 3.26. The summed E-state index contributed by atoms with van der Waals surface area (Å²) >= 11 is 1.48. The molecule has 1 amide bonds. The van der Waals surface area contributed by atoms with Gasteiger partial charge in [-0.25, -0.2) is 4.98 Å². The van der Waals surface area contributed by atoms with Crippen molar-refractivity contribution in [2.75, 3.05) is 5.32 Å². The van der Waals surface area contributed by atoms with Gasteiger partial charge in [0.15, 0.2) is 5.13 Å². The van der Waals surface area contributed by atoms with Crippen molar-refractivity contribution in [2.24, 2.45) is 5.41 Å². The van der Waals surface area contributed by atoms with Crippen molar-refractivity contribution >= 4 is 32.6 Å². The number of thiazole rings is 1. The first-order valence-electron chi connectivity index (χ1n) is 9.58. The first kappa shape index (κ1) is 17.9. The Kier molecular flexibility index (Phi) is 4.14. The first-order valence-corrected chi connectivity index (χ1v) is 10.4. The van der Waals surface area contributed by atoms with Crippen LogP contribution in [0.15, 0.2) is 72.8 Å². The summed E-state index contributed by atoms with van der Waals surface area (Å²) in [5.41, 5.74) is 3.38. The first-order chi connectivity index (χ1) is 14.0. The Hall–Kier alpha value is -3.18. The highest BCUT2D eigenvalue weighted by molar-refractivity contribution is 7.22. The zero-order valence-electron chi connectivity index (χ0n) is 15.9. The van der Waals surface area contributed by atoms with Crippen LogP contribution < -0.4 is 5.32 Å². The van der Waals surface area contributed by atoms with E-state index in [4.69, 9.17) is 0 Å². The number of phenols is 1. The van der Waals surface area contributed by atoms with E-state index in [2.05, 4.69) is 10.3 Å². The molecule has 1 aliphatic rings. The molecule has 4 nitrogen and oxygen atoms in total. The third kappa shape index (κ3) is 2.98. The van der Waals surface area contributed by atoms with Gasteiger partial charge < -0.3 is 10.4 Å². The van der Waals surface area contributed by atoms with Crippen LogP contribution in [-0.2, 0) is 11.2 Å². The maximum atomic E-state index is 13.5. The summed E-state index contributed by atoms with van der Waals surface area (Å²) in [6.07, 6.45) is 0.610. The quantitative estimate of drug-likeness (QED) is 0.488. The lowest BCUT2D eigenvalue weighted by atomic mass is 9.73. The van der Waals surface area contributed by atoms with E-state index in [1.54, 1.807) is 12.1 Å². The van der Waals surface area contributed by atoms with Crippen LogP contribution in [0.5, 0.6) is 5.75 Å². The van der Waals surface area contributed by atoms with Crippen LogP contribution >= 0.6 is 11.3 Å². The summed E-state index contributed by atoms with van der Waals surface area (Å²) in [4.78, 5) is 18.1. The normalized spacial score (nSPS) is 20.5. The molecule has 0 bridgehead atoms. The molecule has 0 spiro atoms. The van der Waals surface area contributed by atoms with Crippen molar-refractivity contribution in [1.29, 1.82) is 0 Å². The van der Waals surface area contributed by atoms with Crippen LogP contribution in [0.2, 0.25) is 0 Å². The van der Waals surface area contributed by atoms with E-state index in [0.29, 0.717) is 11.6 Å². The largest absolute Gasteiger partial charge is 0.508 e. The molecule has 1 aromatic heterocycles. The molecule has 0 radical (unpaired) electrons. The smallest absolute Gasteiger partial charge is 0.233 e. The maximum Gasteiger partial charge on any atom is 0.233 e. The van der Waals surface area contributed by atoms with Crippen molar-refractivity contribution in [3.63, 3.8) is 0 Å². The molecule has 0 unspecified atom stereocenters. The van der Waals surface area contributed by atoms with Gasteiger partial charge in [-0.2, -0.15) is 0 Å². The van der Waals surface area contributed by atoms with Gasteiger partial charge in [0.2, 0.25) is 5.91 Å². The fourth-order valence-electron chi connectivity index (χ4n) is 4.42. The second-order valence-electron chi connectivity index (χ2n) is 7.76. The molecule has 29 heavy (non-hydrogen) atoms. The number of carbonyl (C=O) groups excluding carboxylic acids is 1. The molecule has 144 valence electrons. The van der Waals surface area contributed by atoms with E-state index < -0.39 is 5.41 Å². The van der Waals surface area contributed by atoms with E-state index in [9.17, 15) is 9.90 Å². The van der Waals surface area contributed by atoms with Crippen LogP contribution in [0.1, 0.15) is 29.5 Å². The van der Waals surface area contributed by atoms with Crippen molar-refractivity contribution in [1.82, 2.24) is 4.98 Å². The summed E-state index contributed by atoms with van der Waals surface area (Å²) < 4.78 is 1.05. The highest BCUT2D eigenvalue weighted by Crippen LogP contribution is 2.52. The lowest BCUT2D eigenvalue weighted by Gasteiger charge is -2.30. The predicted octanol–water partition coefficient (Wildman–Crippen LogP) is 5.33. The Labute approximate surface area is 172 Å². The number of hydrogen-bond donors (Lipinski definition) is 2. The number of nitrogens with zero attached hydrogens (tertiary/aromatic N) is 1. The van der Waals surface area contributed by atoms with E-state index in [1.165, 1.54) is 11.3 Å². The second-order valence-corrected chi connectivity index (χ2v) is 8.79. The summed E-state index contributed by atoms with van der Waals surface area (Å²) in [6, 6.07) is 23.3. The molecular formula is C24H20N2O2S. The fourth-order valence-corrected chi connectivity index (χ4v) is 5.28. The number of rotatable bonds is 3. The highest BCUT2D eigenvalue weighted by Gasteiger charge is 2.49. The second kappa shape index (κ2) is 6.71. The van der Waals surface area contributed by atoms with Gasteiger partial charge in [0.05, 0.1) is 15.6 Å². The van der Waals surface area contributed by atoms with Crippen LogP contribution in [-0.4, -0.2) is 16.0 Å². The topological polar surface area (TPSA) is 62.2 Å². The number of carbonyl (C=O) groups is 1. The van der Waals surface area contributed by atoms with Crippen LogP contribution in [0, 0.1) is 5.41 Å². The third-order valence-corrected chi connectivity index (χ3v) is 6.75. The van der Waals surface area contributed by atoms with Crippen molar-refractivity contribution < 1.29 is 9.90 Å². The third-order valence-electron chi connectivity index (χ3n) is 5.80. The molecule has 4 aromatic rings. The molecule has 3 aromatic carbocycles. The van der Waals surface area contributed by atoms with Crippen LogP contribution in [0.3, 0.4) is 0 Å². The summed E-state index contributed by atoms with van der Waals surface area (Å²) in [7, 11) is 0. The molecule has 0 saturated carbocycles. The Morgan fingerprint density at radius 1 is 1.10 bits per heavy atom. The standard InChI is InChI=1S/C24H20N2O2S/c1-24(22(28)26-23-25-19-9-5-6-10-20(19)29-23)14-16-11-12-17(27)13-18(16)21(24)15-7-3-2-4-8-15/h2-13,21,27H,14H2,1H3,(H,25,26,28)/t21-,24+/m0/s1. The fraction of sp³-hybridized carbons (Fsp3) is 0.167. The number of phenolic OH excluding ortho intramolecular Hbond substituents is 1. The van der Waals surface area contributed by atoms with Gasteiger partial charge >= 0.3 is 0 Å². The zero-order valence-corrected chi connectivity index (χ0v) is 16.7. The van der Waals surface area contributed by atoms with Gasteiger partial charge in [0.25, 0.3) is 0 Å². The minimum Gasteiger partial charge on any atom is -0.508 e. The van der Waals surface area contributed by atoms with E-state index >= 15 is 0 Å². The summed E-state index contributed by atoms with van der Waals surface area (Å²) in [6.45, 7) is 2.00. The maximum absolute atomic E-state index is 13.5. The average molecular weight is 401 g/mol. The number of benzene rings is 3. The van der Waals surface area contributed by atoms with Crippen LogP contribution in [0.25, 0.3) is 10.2 Å². The molecule has 2 atom stereocenters.